The van der Waals surface area contributed by atoms with Crippen molar-refractivity contribution in [1.29, 1.82) is 0 Å². The van der Waals surface area contributed by atoms with Crippen LogP contribution >= 0.6 is 0 Å². The molecule has 1 fully saturated rings. The number of Topliss-reactive ketones (excluding diaryl/α,β-unsaturated/α-hetero) is 1. The van der Waals surface area contributed by atoms with Crippen LogP contribution in [-0.2, 0) is 4.79 Å². The van der Waals surface area contributed by atoms with Gasteiger partial charge in [-0.1, -0.05) is 13.8 Å². The van der Waals surface area contributed by atoms with Gasteiger partial charge in [0.25, 0.3) is 0 Å². The minimum absolute atomic E-state index is 0.0295. The van der Waals surface area contributed by atoms with Gasteiger partial charge in [-0.15, -0.1) is 0 Å². The van der Waals surface area contributed by atoms with Gasteiger partial charge < -0.3 is 10.6 Å². The van der Waals surface area contributed by atoms with Crippen LogP contribution in [0.1, 0.15) is 26.7 Å². The van der Waals surface area contributed by atoms with Crippen LogP contribution in [-0.4, -0.2) is 37.4 Å². The molecule has 1 aliphatic rings. The Balaban J connectivity index is 2.43. The number of hydrogen-bond donors (Lipinski definition) is 1. The van der Waals surface area contributed by atoms with Crippen molar-refractivity contribution in [2.45, 2.75) is 26.7 Å². The molecule has 0 bridgehead atoms. The Bertz CT molecular complexity index is 213. The third-order valence-corrected chi connectivity index (χ3v) is 3.05. The molecular weight excluding hydrogens is 176 g/mol. The van der Waals surface area contributed by atoms with E-state index in [1.165, 1.54) is 0 Å². The largest absolute Gasteiger partial charge is 0.330 e. The van der Waals surface area contributed by atoms with Gasteiger partial charge in [0.05, 0.1) is 0 Å². The van der Waals surface area contributed by atoms with Crippen molar-refractivity contribution < 1.29 is 4.79 Å². The number of rotatable bonds is 4. The van der Waals surface area contributed by atoms with Crippen LogP contribution in [0.2, 0.25) is 0 Å². The molecular formula is C11H22N2O. The molecule has 0 radical (unpaired) electrons. The number of nitrogens with zero attached hydrogens (tertiary/aromatic N) is 1. The molecule has 1 unspecified atom stereocenters. The molecule has 3 heteroatoms. The summed E-state index contributed by atoms with van der Waals surface area (Å²) in [6.45, 7) is 6.69. The highest BCUT2D eigenvalue weighted by Gasteiger charge is 2.29. The summed E-state index contributed by atoms with van der Waals surface area (Å²) in [7, 11) is 2.07. The maximum Gasteiger partial charge on any atom is 0.137 e. The van der Waals surface area contributed by atoms with Gasteiger partial charge in [0.15, 0.2) is 0 Å². The number of nitrogens with two attached hydrogens (primary N) is 1. The first kappa shape index (κ1) is 11.7. The highest BCUT2D eigenvalue weighted by atomic mass is 16.1. The highest BCUT2D eigenvalue weighted by Crippen LogP contribution is 2.24. The molecule has 0 aromatic carbocycles. The molecule has 0 amide bonds. The summed E-state index contributed by atoms with van der Waals surface area (Å²) in [5.41, 5.74) is 5.59. The Kier molecular flexibility index (Phi) is 3.67. The quantitative estimate of drug-likeness (QED) is 0.729. The first-order valence-electron chi connectivity index (χ1n) is 5.36. The Morgan fingerprint density at radius 2 is 2.21 bits per heavy atom. The summed E-state index contributed by atoms with van der Waals surface area (Å²) < 4.78 is 0. The van der Waals surface area contributed by atoms with E-state index < -0.39 is 0 Å². The minimum Gasteiger partial charge on any atom is -0.330 e. The second kappa shape index (κ2) is 4.41. The fraction of sp³-hybridized carbons (Fsp3) is 0.909. The third-order valence-electron chi connectivity index (χ3n) is 3.05. The van der Waals surface area contributed by atoms with E-state index in [9.17, 15) is 4.79 Å². The van der Waals surface area contributed by atoms with Gasteiger partial charge in [-0.05, 0) is 32.0 Å². The monoisotopic (exact) mass is 198 g/mol. The Labute approximate surface area is 86.6 Å². The van der Waals surface area contributed by atoms with Crippen LogP contribution in [0.4, 0.5) is 0 Å². The van der Waals surface area contributed by atoms with Crippen molar-refractivity contribution in [3.8, 4) is 0 Å². The fourth-order valence-electron chi connectivity index (χ4n) is 1.89. The molecule has 1 aliphatic heterocycles. The number of ketones is 1. The van der Waals surface area contributed by atoms with Gasteiger partial charge in [0.1, 0.15) is 5.78 Å². The lowest BCUT2D eigenvalue weighted by molar-refractivity contribution is -0.124. The Morgan fingerprint density at radius 1 is 1.57 bits per heavy atom. The molecule has 0 aliphatic carbocycles. The van der Waals surface area contributed by atoms with Gasteiger partial charge >= 0.3 is 0 Å². The van der Waals surface area contributed by atoms with Crippen LogP contribution < -0.4 is 5.73 Å². The molecule has 1 heterocycles. The molecule has 0 saturated carbocycles. The molecule has 1 saturated heterocycles. The lowest BCUT2D eigenvalue weighted by atomic mass is 9.84. The summed E-state index contributed by atoms with van der Waals surface area (Å²) in [6.07, 6.45) is 1.65. The van der Waals surface area contributed by atoms with E-state index in [4.69, 9.17) is 5.73 Å². The average molecular weight is 198 g/mol. The zero-order valence-electron chi connectivity index (χ0n) is 9.55. The third kappa shape index (κ3) is 3.07. The zero-order valence-corrected chi connectivity index (χ0v) is 9.55. The molecule has 2 N–H and O–H groups in total. The maximum atomic E-state index is 11.9. The van der Waals surface area contributed by atoms with Crippen molar-refractivity contribution in [1.82, 2.24) is 4.90 Å². The lowest BCUT2D eigenvalue weighted by Gasteiger charge is -2.22. The van der Waals surface area contributed by atoms with Crippen molar-refractivity contribution >= 4 is 5.78 Å². The molecule has 3 nitrogen and oxygen atoms in total. The fourth-order valence-corrected chi connectivity index (χ4v) is 1.89. The second-order valence-corrected chi connectivity index (χ2v) is 5.26. The van der Waals surface area contributed by atoms with Crippen molar-refractivity contribution in [2.75, 3.05) is 26.7 Å². The van der Waals surface area contributed by atoms with Gasteiger partial charge in [-0.2, -0.15) is 0 Å². The van der Waals surface area contributed by atoms with Crippen molar-refractivity contribution in [2.24, 2.45) is 17.1 Å². The van der Waals surface area contributed by atoms with E-state index in [0.717, 1.165) is 19.5 Å². The van der Waals surface area contributed by atoms with E-state index in [-0.39, 0.29) is 11.3 Å². The minimum atomic E-state index is -0.0295. The van der Waals surface area contributed by atoms with E-state index in [1.54, 1.807) is 0 Å². The summed E-state index contributed by atoms with van der Waals surface area (Å²) >= 11 is 0. The normalized spacial score (nSPS) is 24.1. The Morgan fingerprint density at radius 3 is 2.64 bits per heavy atom. The van der Waals surface area contributed by atoms with Crippen LogP contribution in [0.3, 0.4) is 0 Å². The Hall–Kier alpha value is -0.410. The van der Waals surface area contributed by atoms with Gasteiger partial charge in [0.2, 0.25) is 0 Å². The highest BCUT2D eigenvalue weighted by molar-refractivity contribution is 5.82. The van der Waals surface area contributed by atoms with Crippen LogP contribution in [0.5, 0.6) is 0 Å². The number of carbonyl (C=O) groups excluding carboxylic acids is 1. The van der Waals surface area contributed by atoms with Crippen molar-refractivity contribution in [3.05, 3.63) is 0 Å². The lowest BCUT2D eigenvalue weighted by Crippen LogP contribution is -2.30. The predicted octanol–water partition coefficient (Wildman–Crippen LogP) is 0.882. The van der Waals surface area contributed by atoms with E-state index in [0.29, 0.717) is 18.7 Å². The summed E-state index contributed by atoms with van der Waals surface area (Å²) in [5.74, 6) is 0.649. The first-order valence-corrected chi connectivity index (χ1v) is 5.36. The van der Waals surface area contributed by atoms with Crippen LogP contribution in [0, 0.1) is 11.3 Å². The maximum absolute atomic E-state index is 11.9. The van der Waals surface area contributed by atoms with Crippen molar-refractivity contribution in [3.63, 3.8) is 0 Å². The van der Waals surface area contributed by atoms with Crippen LogP contribution in [0.25, 0.3) is 0 Å². The van der Waals surface area contributed by atoms with Gasteiger partial charge in [-0.3, -0.25) is 4.79 Å². The molecule has 0 aromatic rings. The zero-order chi connectivity index (χ0) is 10.8. The summed E-state index contributed by atoms with van der Waals surface area (Å²) in [5, 5.41) is 0. The van der Waals surface area contributed by atoms with Crippen LogP contribution in [0.15, 0.2) is 0 Å². The van der Waals surface area contributed by atoms with Gasteiger partial charge in [-0.25, -0.2) is 0 Å². The topological polar surface area (TPSA) is 46.3 Å². The molecule has 1 rings (SSSR count). The van der Waals surface area contributed by atoms with Gasteiger partial charge in [0, 0.05) is 18.9 Å². The first-order chi connectivity index (χ1) is 6.44. The summed E-state index contributed by atoms with van der Waals surface area (Å²) in [6, 6.07) is 0. The molecule has 0 spiro atoms. The molecule has 82 valence electrons. The number of likely N-dealkylation sites (tertiary alicyclic amines) is 1. The predicted molar refractivity (Wildman–Crippen MR) is 58.1 cm³/mol. The number of carbonyl (C=O) groups is 1. The number of hydrogen-bond acceptors (Lipinski definition) is 3. The second-order valence-electron chi connectivity index (χ2n) is 5.26. The van der Waals surface area contributed by atoms with E-state index >= 15 is 0 Å². The van der Waals surface area contributed by atoms with E-state index in [2.05, 4.69) is 25.8 Å². The molecule has 1 atom stereocenters. The SMILES string of the molecule is CN1CCC(C(=O)CC(C)(C)CN)C1. The average Bonchev–Trinajstić information content (AvgIpc) is 2.51. The summed E-state index contributed by atoms with van der Waals surface area (Å²) in [4.78, 5) is 14.1. The standard InChI is InChI=1S/C11H22N2O/c1-11(2,8-12)6-10(14)9-4-5-13(3)7-9/h9H,4-8,12H2,1-3H3. The molecule has 14 heavy (non-hydrogen) atoms. The smallest absolute Gasteiger partial charge is 0.137 e. The van der Waals surface area contributed by atoms with E-state index in [1.807, 2.05) is 0 Å². The molecule has 0 aromatic heterocycles.